The fraction of sp³-hybridized carbons (Fsp3) is 0.875. The molecule has 2 saturated carbocycles. The van der Waals surface area contributed by atoms with E-state index in [1.165, 1.54) is 32.1 Å². The molecule has 5 nitrogen and oxygen atoms in total. The number of aliphatic hydroxyl groups is 2. The summed E-state index contributed by atoms with van der Waals surface area (Å²) in [5, 5.41) is 29.8. The molecule has 2 rings (SSSR count). The third-order valence-electron chi connectivity index (χ3n) is 6.76. The Morgan fingerprint density at radius 2 is 1.83 bits per heavy atom. The molecule has 3 N–H and O–H groups in total. The number of carbonyl (C=O) groups is 1. The van der Waals surface area contributed by atoms with Crippen molar-refractivity contribution in [1.82, 2.24) is 0 Å². The second-order valence-electron chi connectivity index (χ2n) is 9.48. The Labute approximate surface area is 176 Å². The molecule has 1 unspecified atom stereocenters. The van der Waals surface area contributed by atoms with Gasteiger partial charge in [0.15, 0.2) is 0 Å². The van der Waals surface area contributed by atoms with Gasteiger partial charge in [-0.25, -0.2) is 4.79 Å². The van der Waals surface area contributed by atoms with Gasteiger partial charge in [-0.2, -0.15) is 0 Å². The predicted molar refractivity (Wildman–Crippen MR) is 114 cm³/mol. The average molecular weight is 411 g/mol. The highest BCUT2D eigenvalue weighted by atomic mass is 16.7. The first-order chi connectivity index (χ1) is 13.8. The van der Waals surface area contributed by atoms with Gasteiger partial charge in [0.1, 0.15) is 0 Å². The van der Waals surface area contributed by atoms with Crippen molar-refractivity contribution >= 4 is 5.97 Å². The van der Waals surface area contributed by atoms with Crippen LogP contribution in [0.5, 0.6) is 0 Å². The number of aliphatic hydroxyl groups excluding tert-OH is 1. The standard InChI is InChI=1S/C24H42O5/c1-18(2)29-24(28,23(26)27)17-9-3-4-14-21-20(15-16-22(21)25)13-8-7-12-19-10-5-6-11-19/h8,13,18-22,25,28H,3-7,9-12,14-17H2,1-2H3,(H,26,27)/t20-,21+,22-,24?/m0/s1. The monoisotopic (exact) mass is 410 g/mol. The fourth-order valence-corrected chi connectivity index (χ4v) is 5.15. The van der Waals surface area contributed by atoms with E-state index in [1.54, 1.807) is 13.8 Å². The Kier molecular flexibility index (Phi) is 10.1. The van der Waals surface area contributed by atoms with Gasteiger partial charge in [-0.15, -0.1) is 0 Å². The van der Waals surface area contributed by atoms with Crippen molar-refractivity contribution in [3.8, 4) is 0 Å². The van der Waals surface area contributed by atoms with Crippen LogP contribution in [0.15, 0.2) is 12.2 Å². The molecule has 29 heavy (non-hydrogen) atoms. The number of hydrogen-bond acceptors (Lipinski definition) is 4. The first kappa shape index (κ1) is 24.4. The molecule has 0 heterocycles. The third-order valence-corrected chi connectivity index (χ3v) is 6.76. The van der Waals surface area contributed by atoms with Crippen LogP contribution in [0.25, 0.3) is 0 Å². The van der Waals surface area contributed by atoms with Crippen LogP contribution in [0.4, 0.5) is 0 Å². The van der Waals surface area contributed by atoms with Crippen molar-refractivity contribution in [2.75, 3.05) is 0 Å². The summed E-state index contributed by atoms with van der Waals surface area (Å²) in [5.74, 6) is -1.71. The molecule has 0 aliphatic heterocycles. The molecular weight excluding hydrogens is 368 g/mol. The van der Waals surface area contributed by atoms with Crippen LogP contribution in [0, 0.1) is 17.8 Å². The Balaban J connectivity index is 1.68. The molecule has 2 aliphatic carbocycles. The summed E-state index contributed by atoms with van der Waals surface area (Å²) in [4.78, 5) is 11.3. The predicted octanol–water partition coefficient (Wildman–Crippen LogP) is 5.05. The molecular formula is C24H42O5. The van der Waals surface area contributed by atoms with Crippen molar-refractivity contribution in [3.05, 3.63) is 12.2 Å². The van der Waals surface area contributed by atoms with E-state index in [-0.39, 0.29) is 18.6 Å². The van der Waals surface area contributed by atoms with E-state index in [1.807, 2.05) is 0 Å². The zero-order valence-corrected chi connectivity index (χ0v) is 18.4. The second-order valence-corrected chi connectivity index (χ2v) is 9.48. The van der Waals surface area contributed by atoms with E-state index in [0.717, 1.165) is 44.4 Å². The van der Waals surface area contributed by atoms with Gasteiger partial charge in [-0.1, -0.05) is 50.7 Å². The van der Waals surface area contributed by atoms with Crippen LogP contribution in [-0.2, 0) is 9.53 Å². The second kappa shape index (κ2) is 12.1. The van der Waals surface area contributed by atoms with Crippen molar-refractivity contribution in [1.29, 1.82) is 0 Å². The van der Waals surface area contributed by atoms with E-state index in [9.17, 15) is 20.1 Å². The van der Waals surface area contributed by atoms with Crippen LogP contribution in [0.3, 0.4) is 0 Å². The van der Waals surface area contributed by atoms with Gasteiger partial charge in [0.05, 0.1) is 12.2 Å². The number of ether oxygens (including phenoxy) is 1. The van der Waals surface area contributed by atoms with Gasteiger partial charge >= 0.3 is 5.97 Å². The van der Waals surface area contributed by atoms with Crippen molar-refractivity contribution in [2.45, 2.75) is 115 Å². The van der Waals surface area contributed by atoms with Crippen molar-refractivity contribution in [3.63, 3.8) is 0 Å². The highest BCUT2D eigenvalue weighted by Gasteiger charge is 2.38. The quantitative estimate of drug-likeness (QED) is 0.225. The van der Waals surface area contributed by atoms with Crippen LogP contribution in [0.1, 0.15) is 97.3 Å². The highest BCUT2D eigenvalue weighted by molar-refractivity contribution is 5.75. The summed E-state index contributed by atoms with van der Waals surface area (Å²) < 4.78 is 5.21. The Bertz CT molecular complexity index is 511. The van der Waals surface area contributed by atoms with E-state index >= 15 is 0 Å². The first-order valence-corrected chi connectivity index (χ1v) is 11.8. The van der Waals surface area contributed by atoms with Gasteiger partial charge in [-0.3, -0.25) is 0 Å². The first-order valence-electron chi connectivity index (χ1n) is 11.8. The van der Waals surface area contributed by atoms with E-state index < -0.39 is 11.8 Å². The van der Waals surface area contributed by atoms with Crippen LogP contribution >= 0.6 is 0 Å². The number of hydrogen-bond donors (Lipinski definition) is 3. The summed E-state index contributed by atoms with van der Waals surface area (Å²) >= 11 is 0. The van der Waals surface area contributed by atoms with Crippen molar-refractivity contribution < 1.29 is 24.9 Å². The summed E-state index contributed by atoms with van der Waals surface area (Å²) in [6.45, 7) is 3.44. The number of allylic oxidation sites excluding steroid dienone is 2. The van der Waals surface area contributed by atoms with E-state index in [2.05, 4.69) is 12.2 Å². The van der Waals surface area contributed by atoms with Crippen LogP contribution < -0.4 is 0 Å². The molecule has 0 radical (unpaired) electrons. The molecule has 5 heteroatoms. The molecule has 0 amide bonds. The topological polar surface area (TPSA) is 87.0 Å². The van der Waals surface area contributed by atoms with E-state index in [0.29, 0.717) is 18.3 Å². The molecule has 0 bridgehead atoms. The van der Waals surface area contributed by atoms with Gasteiger partial charge in [-0.05, 0) is 70.1 Å². The zero-order valence-electron chi connectivity index (χ0n) is 18.4. The molecule has 0 saturated heterocycles. The van der Waals surface area contributed by atoms with Gasteiger partial charge in [0.25, 0.3) is 5.79 Å². The number of aliphatic carboxylic acids is 1. The minimum atomic E-state index is -2.09. The maximum absolute atomic E-state index is 11.3. The molecule has 0 aromatic carbocycles. The molecule has 168 valence electrons. The third kappa shape index (κ3) is 8.03. The van der Waals surface area contributed by atoms with Gasteiger partial charge < -0.3 is 20.1 Å². The molecule has 0 spiro atoms. The molecule has 2 fully saturated rings. The Morgan fingerprint density at radius 3 is 2.48 bits per heavy atom. The molecule has 4 atom stereocenters. The summed E-state index contributed by atoms with van der Waals surface area (Å²) in [6, 6.07) is 0. The lowest BCUT2D eigenvalue weighted by atomic mass is 9.88. The maximum atomic E-state index is 11.3. The number of rotatable bonds is 13. The molecule has 0 aromatic heterocycles. The molecule has 2 aliphatic rings. The Hall–Kier alpha value is -0.910. The van der Waals surface area contributed by atoms with Gasteiger partial charge in [0, 0.05) is 6.42 Å². The average Bonchev–Trinajstić information content (AvgIpc) is 3.28. The van der Waals surface area contributed by atoms with Crippen LogP contribution in [0.2, 0.25) is 0 Å². The molecule has 0 aromatic rings. The number of carboxylic acid groups (broad SMARTS) is 1. The normalized spacial score (nSPS) is 27.8. The number of unbranched alkanes of at least 4 members (excludes halogenated alkanes) is 2. The number of carboxylic acids is 1. The van der Waals surface area contributed by atoms with Crippen molar-refractivity contribution in [2.24, 2.45) is 17.8 Å². The minimum absolute atomic E-state index is 0.0955. The lowest BCUT2D eigenvalue weighted by Gasteiger charge is -2.26. The zero-order chi connectivity index (χ0) is 21.3. The van der Waals surface area contributed by atoms with Crippen LogP contribution in [-0.4, -0.2) is 39.3 Å². The fourth-order valence-electron chi connectivity index (χ4n) is 5.15. The highest BCUT2D eigenvalue weighted by Crippen LogP contribution is 2.37. The SMILES string of the molecule is CC(C)OC(O)(CCCCC[C@H]1[C@@H](O)CC[C@@H]1C=CCCC1CCCC1)C(=O)O. The lowest BCUT2D eigenvalue weighted by molar-refractivity contribution is -0.238. The largest absolute Gasteiger partial charge is 0.477 e. The summed E-state index contributed by atoms with van der Waals surface area (Å²) in [6.07, 6.45) is 17.5. The van der Waals surface area contributed by atoms with E-state index in [4.69, 9.17) is 4.74 Å². The van der Waals surface area contributed by atoms with Gasteiger partial charge in [0.2, 0.25) is 0 Å². The maximum Gasteiger partial charge on any atom is 0.364 e. The summed E-state index contributed by atoms with van der Waals surface area (Å²) in [7, 11) is 0. The summed E-state index contributed by atoms with van der Waals surface area (Å²) in [5.41, 5.74) is 0. The minimum Gasteiger partial charge on any atom is -0.477 e. The Morgan fingerprint density at radius 1 is 1.10 bits per heavy atom. The smallest absolute Gasteiger partial charge is 0.364 e. The lowest BCUT2D eigenvalue weighted by Crippen LogP contribution is -2.43.